The average molecular weight is 153 g/mol. The molecule has 0 fully saturated rings. The van der Waals surface area contributed by atoms with Crippen molar-refractivity contribution in [2.45, 2.75) is 6.67 Å². The van der Waals surface area contributed by atoms with Crippen molar-refractivity contribution in [1.82, 2.24) is 0 Å². The van der Waals surface area contributed by atoms with Crippen LogP contribution in [0.4, 0.5) is 4.39 Å². The summed E-state index contributed by atoms with van der Waals surface area (Å²) in [6.07, 6.45) is 0. The van der Waals surface area contributed by atoms with E-state index in [1.807, 2.05) is 0 Å². The van der Waals surface area contributed by atoms with E-state index in [9.17, 15) is 9.18 Å². The summed E-state index contributed by atoms with van der Waals surface area (Å²) in [4.78, 5) is 10.6. The van der Waals surface area contributed by atoms with E-state index in [0.29, 0.717) is 5.56 Å². The Kier molecular flexibility index (Phi) is 2.21. The lowest BCUT2D eigenvalue weighted by atomic mass is 10.1. The van der Waals surface area contributed by atoms with Crippen molar-refractivity contribution >= 4 is 5.91 Å². The molecule has 11 heavy (non-hydrogen) atoms. The van der Waals surface area contributed by atoms with Gasteiger partial charge in [-0.05, 0) is 11.6 Å². The molecule has 2 N–H and O–H groups in total. The molecule has 3 heteroatoms. The maximum Gasteiger partial charge on any atom is 0.249 e. The predicted octanol–water partition coefficient (Wildman–Crippen LogP) is 1.26. The first-order valence-corrected chi connectivity index (χ1v) is 3.19. The van der Waals surface area contributed by atoms with Crippen LogP contribution in [0, 0.1) is 0 Å². The van der Waals surface area contributed by atoms with Gasteiger partial charge in [0.2, 0.25) is 5.91 Å². The summed E-state index contributed by atoms with van der Waals surface area (Å²) < 4.78 is 12.1. The summed E-state index contributed by atoms with van der Waals surface area (Å²) in [6.45, 7) is -0.654. The summed E-state index contributed by atoms with van der Waals surface area (Å²) in [6, 6.07) is 6.37. The lowest BCUT2D eigenvalue weighted by Gasteiger charge is -1.99. The van der Waals surface area contributed by atoms with Gasteiger partial charge < -0.3 is 5.73 Å². The Labute approximate surface area is 63.8 Å². The third-order valence-corrected chi connectivity index (χ3v) is 1.43. The zero-order valence-electron chi connectivity index (χ0n) is 5.88. The molecule has 0 unspecified atom stereocenters. The molecule has 0 aliphatic rings. The number of hydrogen-bond acceptors (Lipinski definition) is 1. The summed E-state index contributed by atoms with van der Waals surface area (Å²) in [7, 11) is 0. The summed E-state index contributed by atoms with van der Waals surface area (Å²) in [5.74, 6) is -0.585. The first kappa shape index (κ1) is 7.72. The van der Waals surface area contributed by atoms with Gasteiger partial charge in [-0.25, -0.2) is 4.39 Å². The minimum absolute atomic E-state index is 0.259. The number of amides is 1. The van der Waals surface area contributed by atoms with Gasteiger partial charge in [0.15, 0.2) is 0 Å². The van der Waals surface area contributed by atoms with Gasteiger partial charge in [-0.1, -0.05) is 18.2 Å². The Morgan fingerprint density at radius 3 is 2.55 bits per heavy atom. The van der Waals surface area contributed by atoms with Crippen LogP contribution >= 0.6 is 0 Å². The van der Waals surface area contributed by atoms with E-state index in [4.69, 9.17) is 5.73 Å². The number of primary amides is 1. The van der Waals surface area contributed by atoms with Gasteiger partial charge in [0.1, 0.15) is 6.67 Å². The Hall–Kier alpha value is -1.38. The number of hydrogen-bond donors (Lipinski definition) is 1. The van der Waals surface area contributed by atoms with Gasteiger partial charge in [-0.15, -0.1) is 0 Å². The molecule has 2 nitrogen and oxygen atoms in total. The van der Waals surface area contributed by atoms with Crippen molar-refractivity contribution in [2.75, 3.05) is 0 Å². The molecule has 0 radical (unpaired) electrons. The third kappa shape index (κ3) is 1.55. The fraction of sp³-hybridized carbons (Fsp3) is 0.125. The van der Waals surface area contributed by atoms with Crippen LogP contribution in [-0.4, -0.2) is 5.91 Å². The highest BCUT2D eigenvalue weighted by Gasteiger charge is 2.04. The highest BCUT2D eigenvalue weighted by atomic mass is 19.1. The van der Waals surface area contributed by atoms with Gasteiger partial charge in [-0.3, -0.25) is 4.79 Å². The molecule has 0 atom stereocenters. The Balaban J connectivity index is 3.12. The van der Waals surface area contributed by atoms with Crippen LogP contribution in [0.1, 0.15) is 15.9 Å². The highest BCUT2D eigenvalue weighted by molar-refractivity contribution is 5.94. The maximum absolute atomic E-state index is 12.1. The number of carbonyl (C=O) groups excluding carboxylic acids is 1. The molecule has 0 aliphatic heterocycles. The van der Waals surface area contributed by atoms with E-state index >= 15 is 0 Å². The van der Waals surface area contributed by atoms with Crippen molar-refractivity contribution in [3.05, 3.63) is 35.4 Å². The average Bonchev–Trinajstić information content (AvgIpc) is 2.04. The van der Waals surface area contributed by atoms with Gasteiger partial charge in [0.25, 0.3) is 0 Å². The van der Waals surface area contributed by atoms with Crippen LogP contribution in [0.3, 0.4) is 0 Å². The highest BCUT2D eigenvalue weighted by Crippen LogP contribution is 2.08. The fourth-order valence-electron chi connectivity index (χ4n) is 0.877. The molecule has 0 heterocycles. The molecule has 1 amide bonds. The standard InChI is InChI=1S/C8H8FNO/c9-5-6-3-1-2-4-7(6)8(10)11/h1-4H,5H2,(H2,10,11). The van der Waals surface area contributed by atoms with E-state index in [1.165, 1.54) is 6.07 Å². The number of alkyl halides is 1. The Morgan fingerprint density at radius 1 is 1.45 bits per heavy atom. The van der Waals surface area contributed by atoms with Crippen LogP contribution in [0.25, 0.3) is 0 Å². The van der Waals surface area contributed by atoms with Crippen molar-refractivity contribution in [3.63, 3.8) is 0 Å². The molecular weight excluding hydrogens is 145 g/mol. The zero-order valence-corrected chi connectivity index (χ0v) is 5.88. The van der Waals surface area contributed by atoms with Crippen molar-refractivity contribution < 1.29 is 9.18 Å². The number of carbonyl (C=O) groups is 1. The maximum atomic E-state index is 12.1. The number of nitrogens with two attached hydrogens (primary N) is 1. The molecule has 1 aromatic rings. The molecule has 0 saturated heterocycles. The number of rotatable bonds is 2. The molecule has 0 spiro atoms. The van der Waals surface area contributed by atoms with Gasteiger partial charge in [0.05, 0.1) is 0 Å². The molecule has 58 valence electrons. The monoisotopic (exact) mass is 153 g/mol. The minimum Gasteiger partial charge on any atom is -0.366 e. The number of benzene rings is 1. The molecule has 0 saturated carbocycles. The van der Waals surface area contributed by atoms with Crippen molar-refractivity contribution in [2.24, 2.45) is 5.73 Å². The molecular formula is C8H8FNO. The zero-order chi connectivity index (χ0) is 8.27. The lowest BCUT2D eigenvalue weighted by Crippen LogP contribution is -2.12. The normalized spacial score (nSPS) is 9.55. The van der Waals surface area contributed by atoms with Crippen molar-refractivity contribution in [3.8, 4) is 0 Å². The summed E-state index contributed by atoms with van der Waals surface area (Å²) in [5, 5.41) is 0. The molecule has 1 aromatic carbocycles. The second kappa shape index (κ2) is 3.14. The second-order valence-corrected chi connectivity index (χ2v) is 2.16. The molecule has 0 bridgehead atoms. The lowest BCUT2D eigenvalue weighted by molar-refractivity contribution is 0.0998. The second-order valence-electron chi connectivity index (χ2n) is 2.16. The van der Waals surface area contributed by atoms with Gasteiger partial charge >= 0.3 is 0 Å². The quantitative estimate of drug-likeness (QED) is 0.682. The third-order valence-electron chi connectivity index (χ3n) is 1.43. The Morgan fingerprint density at radius 2 is 2.09 bits per heavy atom. The van der Waals surface area contributed by atoms with Crippen molar-refractivity contribution in [1.29, 1.82) is 0 Å². The smallest absolute Gasteiger partial charge is 0.249 e. The Bertz CT molecular complexity index is 273. The predicted molar refractivity (Wildman–Crippen MR) is 39.8 cm³/mol. The molecule has 1 rings (SSSR count). The van der Waals surface area contributed by atoms with Crippen LogP contribution in [0.15, 0.2) is 24.3 Å². The first-order chi connectivity index (χ1) is 5.25. The fourth-order valence-corrected chi connectivity index (χ4v) is 0.877. The van der Waals surface area contributed by atoms with Crippen LogP contribution in [0.2, 0.25) is 0 Å². The van der Waals surface area contributed by atoms with E-state index in [1.54, 1.807) is 18.2 Å². The van der Waals surface area contributed by atoms with Gasteiger partial charge in [0, 0.05) is 5.56 Å². The van der Waals surface area contributed by atoms with Crippen LogP contribution < -0.4 is 5.73 Å². The van der Waals surface area contributed by atoms with E-state index < -0.39 is 12.6 Å². The first-order valence-electron chi connectivity index (χ1n) is 3.19. The van der Waals surface area contributed by atoms with E-state index in [-0.39, 0.29) is 5.56 Å². The minimum atomic E-state index is -0.654. The summed E-state index contributed by atoms with van der Waals surface area (Å²) in [5.41, 5.74) is 5.59. The topological polar surface area (TPSA) is 43.1 Å². The van der Waals surface area contributed by atoms with Gasteiger partial charge in [-0.2, -0.15) is 0 Å². The van der Waals surface area contributed by atoms with E-state index in [2.05, 4.69) is 0 Å². The molecule has 0 aromatic heterocycles. The SMILES string of the molecule is NC(=O)c1ccccc1CF. The van der Waals surface area contributed by atoms with Crippen LogP contribution in [-0.2, 0) is 6.67 Å². The largest absolute Gasteiger partial charge is 0.366 e. The molecule has 0 aliphatic carbocycles. The number of halogens is 1. The van der Waals surface area contributed by atoms with Crippen LogP contribution in [0.5, 0.6) is 0 Å². The van der Waals surface area contributed by atoms with E-state index in [0.717, 1.165) is 0 Å². The summed E-state index contributed by atoms with van der Waals surface area (Å²) >= 11 is 0.